The van der Waals surface area contributed by atoms with Crippen LogP contribution in [0.15, 0.2) is 18.3 Å². The zero-order chi connectivity index (χ0) is 11.9. The van der Waals surface area contributed by atoms with Gasteiger partial charge in [0.05, 0.1) is 17.3 Å². The zero-order valence-electron chi connectivity index (χ0n) is 8.22. The topological polar surface area (TPSA) is 45.8 Å². The van der Waals surface area contributed by atoms with Crippen molar-refractivity contribution in [3.63, 3.8) is 0 Å². The fraction of sp³-hybridized carbons (Fsp3) is 0.200. The summed E-state index contributed by atoms with van der Waals surface area (Å²) in [5.41, 5.74) is -0.616. The summed E-state index contributed by atoms with van der Waals surface area (Å²) in [5.74, 6) is -6.33. The highest BCUT2D eigenvalue weighted by Crippen LogP contribution is 2.33. The molecule has 84 valence electrons. The van der Waals surface area contributed by atoms with E-state index in [0.717, 1.165) is 19.1 Å². The largest absolute Gasteiger partial charge is 0.333 e. The molecule has 2 aromatic rings. The third-order valence-corrected chi connectivity index (χ3v) is 2.31. The number of halogens is 3. The Morgan fingerprint density at radius 2 is 2.12 bits per heavy atom. The smallest absolute Gasteiger partial charge is 0.293 e. The Kier molecular flexibility index (Phi) is 2.22. The average molecular weight is 228 g/mol. The summed E-state index contributed by atoms with van der Waals surface area (Å²) in [5, 5.41) is 6.37. The van der Waals surface area contributed by atoms with E-state index in [1.165, 1.54) is 6.20 Å². The molecule has 0 spiro atoms. The van der Waals surface area contributed by atoms with Crippen molar-refractivity contribution in [3.05, 3.63) is 29.7 Å². The van der Waals surface area contributed by atoms with Gasteiger partial charge in [0.15, 0.2) is 0 Å². The number of Topliss-reactive ketones (excluding diaryl/α,β-unsaturated/α-hetero) is 1. The SMILES string of the molecule is CC(=O)C(F)(F)c1cc2cn[nH]c2cc1F. The first-order chi connectivity index (χ1) is 7.43. The van der Waals surface area contributed by atoms with Crippen LogP contribution in [0.5, 0.6) is 0 Å². The molecule has 0 aliphatic carbocycles. The van der Waals surface area contributed by atoms with Crippen LogP contribution in [0.1, 0.15) is 12.5 Å². The van der Waals surface area contributed by atoms with Crippen LogP contribution in [-0.2, 0) is 10.7 Å². The third-order valence-electron chi connectivity index (χ3n) is 2.31. The molecule has 0 saturated carbocycles. The van der Waals surface area contributed by atoms with E-state index >= 15 is 0 Å². The number of fused-ring (bicyclic) bond motifs is 1. The summed E-state index contributed by atoms with van der Waals surface area (Å²) in [6.07, 6.45) is 1.29. The van der Waals surface area contributed by atoms with Crippen LogP contribution in [0.4, 0.5) is 13.2 Å². The van der Waals surface area contributed by atoms with Crippen LogP contribution in [0.3, 0.4) is 0 Å². The van der Waals surface area contributed by atoms with Crippen molar-refractivity contribution in [3.8, 4) is 0 Å². The normalized spacial score (nSPS) is 12.0. The van der Waals surface area contributed by atoms with E-state index in [9.17, 15) is 18.0 Å². The van der Waals surface area contributed by atoms with Gasteiger partial charge in [-0.05, 0) is 6.07 Å². The summed E-state index contributed by atoms with van der Waals surface area (Å²) < 4.78 is 40.1. The van der Waals surface area contributed by atoms with Crippen molar-refractivity contribution in [1.29, 1.82) is 0 Å². The van der Waals surface area contributed by atoms with Gasteiger partial charge < -0.3 is 0 Å². The van der Waals surface area contributed by atoms with E-state index < -0.39 is 23.1 Å². The fourth-order valence-electron chi connectivity index (χ4n) is 1.40. The number of benzene rings is 1. The van der Waals surface area contributed by atoms with Crippen LogP contribution in [0, 0.1) is 5.82 Å². The van der Waals surface area contributed by atoms with E-state index in [4.69, 9.17) is 0 Å². The Morgan fingerprint density at radius 3 is 2.75 bits per heavy atom. The van der Waals surface area contributed by atoms with E-state index in [1.54, 1.807) is 0 Å². The Balaban J connectivity index is 2.68. The number of nitrogens with one attached hydrogen (secondary N) is 1. The van der Waals surface area contributed by atoms with Gasteiger partial charge in [0.25, 0.3) is 0 Å². The van der Waals surface area contributed by atoms with Crippen LogP contribution in [0.2, 0.25) is 0 Å². The lowest BCUT2D eigenvalue weighted by atomic mass is 10.0. The van der Waals surface area contributed by atoms with Crippen molar-refractivity contribution in [2.75, 3.05) is 0 Å². The maximum absolute atomic E-state index is 13.4. The monoisotopic (exact) mass is 228 g/mol. The highest BCUT2D eigenvalue weighted by Gasteiger charge is 2.40. The first-order valence-corrected chi connectivity index (χ1v) is 4.45. The number of alkyl halides is 2. The summed E-state index contributed by atoms with van der Waals surface area (Å²) in [6, 6.07) is 1.82. The molecule has 6 heteroatoms. The number of rotatable bonds is 2. The molecule has 1 aromatic carbocycles. The molecule has 0 atom stereocenters. The number of aromatic nitrogens is 2. The van der Waals surface area contributed by atoms with Crippen molar-refractivity contribution in [1.82, 2.24) is 10.2 Å². The van der Waals surface area contributed by atoms with Crippen LogP contribution >= 0.6 is 0 Å². The number of H-pyrrole nitrogens is 1. The van der Waals surface area contributed by atoms with E-state index in [2.05, 4.69) is 10.2 Å². The van der Waals surface area contributed by atoms with E-state index in [1.807, 2.05) is 0 Å². The minimum atomic E-state index is -3.81. The number of hydrogen-bond donors (Lipinski definition) is 1. The molecule has 0 fully saturated rings. The molecule has 0 bridgehead atoms. The highest BCUT2D eigenvalue weighted by molar-refractivity contribution is 5.87. The molecule has 0 amide bonds. The summed E-state index contributed by atoms with van der Waals surface area (Å²) in [7, 11) is 0. The summed E-state index contributed by atoms with van der Waals surface area (Å²) >= 11 is 0. The van der Waals surface area contributed by atoms with Gasteiger partial charge in [0.1, 0.15) is 5.82 Å². The number of aromatic amines is 1. The number of nitrogens with zero attached hydrogens (tertiary/aromatic N) is 1. The number of carbonyl (C=O) groups excluding carboxylic acids is 1. The molecule has 2 rings (SSSR count). The predicted octanol–water partition coefficient (Wildman–Crippen LogP) is 2.38. The standard InChI is InChI=1S/C10H7F3N2O/c1-5(16)10(12,13)7-2-6-4-14-15-9(6)3-8(7)11/h2-4H,1H3,(H,14,15). The molecule has 0 radical (unpaired) electrons. The quantitative estimate of drug-likeness (QED) is 0.857. The Bertz CT molecular complexity index is 562. The minimum Gasteiger partial charge on any atom is -0.293 e. The van der Waals surface area contributed by atoms with Gasteiger partial charge in [-0.25, -0.2) is 4.39 Å². The lowest BCUT2D eigenvalue weighted by Crippen LogP contribution is -2.24. The van der Waals surface area contributed by atoms with Crippen molar-refractivity contribution in [2.24, 2.45) is 0 Å². The molecule has 0 saturated heterocycles. The van der Waals surface area contributed by atoms with Gasteiger partial charge in [0.2, 0.25) is 5.78 Å². The molecule has 1 heterocycles. The second kappa shape index (κ2) is 3.33. The molecule has 0 aliphatic heterocycles. The van der Waals surface area contributed by atoms with Crippen molar-refractivity contribution >= 4 is 16.7 Å². The molecular weight excluding hydrogens is 221 g/mol. The number of carbonyl (C=O) groups is 1. The van der Waals surface area contributed by atoms with Gasteiger partial charge in [-0.2, -0.15) is 13.9 Å². The predicted molar refractivity (Wildman–Crippen MR) is 50.6 cm³/mol. The Hall–Kier alpha value is -1.85. The van der Waals surface area contributed by atoms with Crippen LogP contribution < -0.4 is 0 Å². The van der Waals surface area contributed by atoms with Crippen molar-refractivity contribution < 1.29 is 18.0 Å². The first-order valence-electron chi connectivity index (χ1n) is 4.45. The molecule has 3 nitrogen and oxygen atoms in total. The lowest BCUT2D eigenvalue weighted by molar-refractivity contribution is -0.142. The zero-order valence-corrected chi connectivity index (χ0v) is 8.22. The van der Waals surface area contributed by atoms with E-state index in [-0.39, 0.29) is 0 Å². The summed E-state index contributed by atoms with van der Waals surface area (Å²) in [6.45, 7) is 0.721. The number of hydrogen-bond acceptors (Lipinski definition) is 2. The highest BCUT2D eigenvalue weighted by atomic mass is 19.3. The molecule has 1 aromatic heterocycles. The minimum absolute atomic E-state index is 0.306. The average Bonchev–Trinajstić information content (AvgIpc) is 2.62. The van der Waals surface area contributed by atoms with Gasteiger partial charge in [-0.1, -0.05) is 0 Å². The molecular formula is C10H7F3N2O. The summed E-state index contributed by atoms with van der Waals surface area (Å²) in [4.78, 5) is 10.8. The van der Waals surface area contributed by atoms with Gasteiger partial charge >= 0.3 is 5.92 Å². The lowest BCUT2D eigenvalue weighted by Gasteiger charge is -2.13. The number of ketones is 1. The molecule has 1 N–H and O–H groups in total. The third kappa shape index (κ3) is 1.46. The maximum atomic E-state index is 13.4. The van der Waals surface area contributed by atoms with Crippen molar-refractivity contribution in [2.45, 2.75) is 12.8 Å². The Morgan fingerprint density at radius 1 is 1.44 bits per heavy atom. The maximum Gasteiger partial charge on any atom is 0.333 e. The molecule has 0 aliphatic rings. The fourth-order valence-corrected chi connectivity index (χ4v) is 1.40. The van der Waals surface area contributed by atoms with E-state index in [0.29, 0.717) is 10.9 Å². The van der Waals surface area contributed by atoms with Gasteiger partial charge in [-0.15, -0.1) is 0 Å². The van der Waals surface area contributed by atoms with Crippen LogP contribution in [-0.4, -0.2) is 16.0 Å². The molecule has 16 heavy (non-hydrogen) atoms. The first kappa shape index (κ1) is 10.7. The van der Waals surface area contributed by atoms with Gasteiger partial charge in [-0.3, -0.25) is 9.89 Å². The second-order valence-corrected chi connectivity index (χ2v) is 3.42. The Labute approximate surface area is 88.3 Å². The van der Waals surface area contributed by atoms with Gasteiger partial charge in [0, 0.05) is 18.4 Å². The molecule has 0 unspecified atom stereocenters. The van der Waals surface area contributed by atoms with Crippen LogP contribution in [0.25, 0.3) is 10.9 Å². The second-order valence-electron chi connectivity index (χ2n) is 3.42.